The number of nitrogens with one attached hydrogen (secondary N) is 2. The van der Waals surface area contributed by atoms with Crippen LogP contribution in [0.4, 0.5) is 10.1 Å². The van der Waals surface area contributed by atoms with E-state index in [0.717, 1.165) is 6.07 Å². The van der Waals surface area contributed by atoms with Crippen LogP contribution in [0, 0.1) is 5.82 Å². The van der Waals surface area contributed by atoms with Gasteiger partial charge in [-0.1, -0.05) is 0 Å². The van der Waals surface area contributed by atoms with Crippen molar-refractivity contribution in [1.29, 1.82) is 0 Å². The largest absolute Gasteiger partial charge is 0.372 e. The SMILES string of the molecule is CNS(=O)(=O)c1ccc(N[C@@H](C)C(=O)N(C)C)c(F)c1. The summed E-state index contributed by atoms with van der Waals surface area (Å²) in [6.45, 7) is 1.60. The van der Waals surface area contributed by atoms with Gasteiger partial charge in [0.05, 0.1) is 10.6 Å². The molecule has 0 fully saturated rings. The highest BCUT2D eigenvalue weighted by molar-refractivity contribution is 7.89. The molecule has 0 aromatic heterocycles. The molecule has 112 valence electrons. The van der Waals surface area contributed by atoms with E-state index in [1.807, 2.05) is 0 Å². The van der Waals surface area contributed by atoms with Crippen LogP contribution >= 0.6 is 0 Å². The maximum Gasteiger partial charge on any atom is 0.244 e. The topological polar surface area (TPSA) is 78.5 Å². The minimum absolute atomic E-state index is 0.0720. The van der Waals surface area contributed by atoms with Gasteiger partial charge < -0.3 is 10.2 Å². The highest BCUT2D eigenvalue weighted by Gasteiger charge is 2.18. The Morgan fingerprint density at radius 2 is 1.95 bits per heavy atom. The highest BCUT2D eigenvalue weighted by Crippen LogP contribution is 2.19. The van der Waals surface area contributed by atoms with Crippen LogP contribution in [-0.4, -0.2) is 46.4 Å². The fraction of sp³-hybridized carbons (Fsp3) is 0.417. The van der Waals surface area contributed by atoms with E-state index < -0.39 is 21.9 Å². The molecule has 0 bridgehead atoms. The first-order valence-corrected chi connectivity index (χ1v) is 7.38. The van der Waals surface area contributed by atoms with Crippen molar-refractivity contribution in [3.63, 3.8) is 0 Å². The number of carbonyl (C=O) groups is 1. The zero-order valence-electron chi connectivity index (χ0n) is 11.8. The second-order valence-corrected chi connectivity index (χ2v) is 6.33. The number of amides is 1. The summed E-state index contributed by atoms with van der Waals surface area (Å²) in [5.41, 5.74) is 0.0720. The van der Waals surface area contributed by atoms with E-state index in [1.54, 1.807) is 21.0 Å². The molecular weight excluding hydrogens is 285 g/mol. The predicted octanol–water partition coefficient (Wildman–Crippen LogP) is 0.622. The van der Waals surface area contributed by atoms with E-state index in [2.05, 4.69) is 10.0 Å². The van der Waals surface area contributed by atoms with Crippen LogP contribution in [0.1, 0.15) is 6.92 Å². The normalized spacial score (nSPS) is 12.8. The Hall–Kier alpha value is -1.67. The molecule has 2 N–H and O–H groups in total. The molecule has 0 aliphatic heterocycles. The average Bonchev–Trinajstić information content (AvgIpc) is 2.39. The Bertz CT molecular complexity index is 602. The lowest BCUT2D eigenvalue weighted by atomic mass is 10.2. The Morgan fingerprint density at radius 3 is 2.40 bits per heavy atom. The van der Waals surface area contributed by atoms with E-state index in [0.29, 0.717) is 0 Å². The number of likely N-dealkylation sites (N-methyl/N-ethyl adjacent to an activating group) is 1. The number of carbonyl (C=O) groups excluding carboxylic acids is 1. The first kappa shape index (κ1) is 16.4. The van der Waals surface area contributed by atoms with Gasteiger partial charge in [-0.05, 0) is 32.2 Å². The van der Waals surface area contributed by atoms with Crippen LogP contribution in [0.3, 0.4) is 0 Å². The first-order chi connectivity index (χ1) is 9.19. The van der Waals surface area contributed by atoms with Crippen LogP contribution in [0.5, 0.6) is 0 Å². The van der Waals surface area contributed by atoms with Gasteiger partial charge in [-0.2, -0.15) is 0 Å². The highest BCUT2D eigenvalue weighted by atomic mass is 32.2. The standard InChI is InChI=1S/C12H18FN3O3S/c1-8(12(17)16(3)4)15-11-6-5-9(7-10(11)13)20(18,19)14-2/h5-8,14-15H,1-4H3/t8-/m0/s1. The lowest BCUT2D eigenvalue weighted by Gasteiger charge is -2.19. The lowest BCUT2D eigenvalue weighted by molar-refractivity contribution is -0.129. The molecule has 20 heavy (non-hydrogen) atoms. The van der Waals surface area contributed by atoms with E-state index in [4.69, 9.17) is 0 Å². The van der Waals surface area contributed by atoms with Gasteiger partial charge in [0.1, 0.15) is 11.9 Å². The molecule has 0 saturated heterocycles. The zero-order valence-corrected chi connectivity index (χ0v) is 12.6. The molecule has 1 rings (SSSR count). The number of halogens is 1. The van der Waals surface area contributed by atoms with Crippen molar-refractivity contribution in [3.05, 3.63) is 24.0 Å². The average molecular weight is 303 g/mol. The summed E-state index contributed by atoms with van der Waals surface area (Å²) in [5, 5.41) is 2.71. The molecule has 0 unspecified atom stereocenters. The Morgan fingerprint density at radius 1 is 1.35 bits per heavy atom. The summed E-state index contributed by atoms with van der Waals surface area (Å²) in [6, 6.07) is 2.84. The lowest BCUT2D eigenvalue weighted by Crippen LogP contribution is -2.36. The van der Waals surface area contributed by atoms with Crippen LogP contribution in [0.2, 0.25) is 0 Å². The Balaban J connectivity index is 2.98. The van der Waals surface area contributed by atoms with Gasteiger partial charge in [0.2, 0.25) is 15.9 Å². The van der Waals surface area contributed by atoms with Crippen molar-refractivity contribution in [3.8, 4) is 0 Å². The number of sulfonamides is 1. The minimum atomic E-state index is -3.69. The summed E-state index contributed by atoms with van der Waals surface area (Å²) >= 11 is 0. The molecule has 6 nitrogen and oxygen atoms in total. The molecular formula is C12H18FN3O3S. The fourth-order valence-corrected chi connectivity index (χ4v) is 2.32. The number of hydrogen-bond donors (Lipinski definition) is 2. The quantitative estimate of drug-likeness (QED) is 0.836. The first-order valence-electron chi connectivity index (χ1n) is 5.90. The van der Waals surface area contributed by atoms with Crippen molar-refractivity contribution in [2.24, 2.45) is 0 Å². The number of benzene rings is 1. The third kappa shape index (κ3) is 3.67. The van der Waals surface area contributed by atoms with Crippen molar-refractivity contribution in [2.45, 2.75) is 17.9 Å². The van der Waals surface area contributed by atoms with Gasteiger partial charge in [-0.3, -0.25) is 4.79 Å². The second-order valence-electron chi connectivity index (χ2n) is 4.45. The van der Waals surface area contributed by atoms with Crippen molar-refractivity contribution in [1.82, 2.24) is 9.62 Å². The summed E-state index contributed by atoms with van der Waals surface area (Å²) in [5.74, 6) is -0.948. The third-order valence-electron chi connectivity index (χ3n) is 2.70. The predicted molar refractivity (Wildman–Crippen MR) is 74.4 cm³/mol. The summed E-state index contributed by atoms with van der Waals surface area (Å²) < 4.78 is 39.0. The molecule has 0 saturated carbocycles. The molecule has 1 atom stereocenters. The number of rotatable bonds is 5. The minimum Gasteiger partial charge on any atom is -0.372 e. The Labute approximate surface area is 118 Å². The smallest absolute Gasteiger partial charge is 0.244 e. The van der Waals surface area contributed by atoms with Gasteiger partial charge in [-0.25, -0.2) is 17.5 Å². The van der Waals surface area contributed by atoms with Gasteiger partial charge >= 0.3 is 0 Å². The van der Waals surface area contributed by atoms with Gasteiger partial charge in [0.15, 0.2) is 0 Å². The zero-order chi connectivity index (χ0) is 15.5. The molecule has 0 heterocycles. The second kappa shape index (κ2) is 6.19. The van der Waals surface area contributed by atoms with Crippen LogP contribution < -0.4 is 10.0 Å². The maximum atomic E-state index is 13.9. The summed E-state index contributed by atoms with van der Waals surface area (Å²) in [4.78, 5) is 12.9. The third-order valence-corrected chi connectivity index (χ3v) is 4.11. The Kier molecular flexibility index (Phi) is 5.07. The fourth-order valence-electron chi connectivity index (χ4n) is 1.58. The molecule has 8 heteroatoms. The number of nitrogens with zero attached hydrogens (tertiary/aromatic N) is 1. The van der Waals surface area contributed by atoms with Crippen molar-refractivity contribution in [2.75, 3.05) is 26.5 Å². The molecule has 1 amide bonds. The number of hydrogen-bond acceptors (Lipinski definition) is 4. The molecule has 0 radical (unpaired) electrons. The molecule has 1 aromatic rings. The monoisotopic (exact) mass is 303 g/mol. The van der Waals surface area contributed by atoms with Gasteiger partial charge in [-0.15, -0.1) is 0 Å². The van der Waals surface area contributed by atoms with Crippen molar-refractivity contribution < 1.29 is 17.6 Å². The summed E-state index contributed by atoms with van der Waals surface area (Å²) in [6.07, 6.45) is 0. The van der Waals surface area contributed by atoms with E-state index >= 15 is 0 Å². The molecule has 0 aliphatic carbocycles. The van der Waals surface area contributed by atoms with Gasteiger partial charge in [0.25, 0.3) is 0 Å². The van der Waals surface area contributed by atoms with E-state index in [1.165, 1.54) is 24.1 Å². The van der Waals surface area contributed by atoms with E-state index in [9.17, 15) is 17.6 Å². The van der Waals surface area contributed by atoms with Crippen LogP contribution in [-0.2, 0) is 14.8 Å². The number of anilines is 1. The van der Waals surface area contributed by atoms with E-state index in [-0.39, 0.29) is 16.5 Å². The maximum absolute atomic E-state index is 13.9. The molecule has 1 aromatic carbocycles. The molecule has 0 aliphatic rings. The van der Waals surface area contributed by atoms with Crippen LogP contribution in [0.25, 0.3) is 0 Å². The molecule has 0 spiro atoms. The van der Waals surface area contributed by atoms with Crippen molar-refractivity contribution >= 4 is 21.6 Å². The van der Waals surface area contributed by atoms with Gasteiger partial charge in [0, 0.05) is 14.1 Å². The summed E-state index contributed by atoms with van der Waals surface area (Å²) in [7, 11) is 0.752. The van der Waals surface area contributed by atoms with Crippen LogP contribution in [0.15, 0.2) is 23.1 Å².